The summed E-state index contributed by atoms with van der Waals surface area (Å²) in [4.78, 5) is 18.0. The van der Waals surface area contributed by atoms with Gasteiger partial charge in [-0.15, -0.1) is 0 Å². The van der Waals surface area contributed by atoms with Crippen LogP contribution in [0.15, 0.2) is 64.5 Å². The lowest BCUT2D eigenvalue weighted by molar-refractivity contribution is -0.125. The standard InChI is InChI=1S/C22H24ClFN4O3S/c1-27(15-17-10-9-16(14-19(17)24)22-25-11-12-26-22)21(29)8-5-13-28(2)32(30,31)20-7-4-3-6-18(20)23/h3-10,14H,11-13,15H2,1-2H3,(H,25,26). The number of carbonyl (C=O) groups is 1. The SMILES string of the molecule is CN(Cc1ccc(C2=NCCN2)cc1F)C(=O)C=CCN(C)S(=O)(=O)c1ccccc1Cl. The van der Waals surface area contributed by atoms with Gasteiger partial charge in [-0.3, -0.25) is 9.79 Å². The molecule has 2 aromatic rings. The van der Waals surface area contributed by atoms with Crippen molar-refractivity contribution in [3.63, 3.8) is 0 Å². The van der Waals surface area contributed by atoms with Crippen LogP contribution in [0, 0.1) is 5.82 Å². The summed E-state index contributed by atoms with van der Waals surface area (Å²) in [6.07, 6.45) is 2.71. The zero-order valence-electron chi connectivity index (χ0n) is 17.8. The van der Waals surface area contributed by atoms with Crippen molar-refractivity contribution < 1.29 is 17.6 Å². The van der Waals surface area contributed by atoms with Gasteiger partial charge in [0.05, 0.1) is 11.6 Å². The number of amidine groups is 1. The number of benzene rings is 2. The summed E-state index contributed by atoms with van der Waals surface area (Å²) in [5.41, 5.74) is 1.04. The van der Waals surface area contributed by atoms with E-state index in [2.05, 4.69) is 10.3 Å². The van der Waals surface area contributed by atoms with E-state index >= 15 is 0 Å². The van der Waals surface area contributed by atoms with Crippen LogP contribution in [0.2, 0.25) is 5.02 Å². The Balaban J connectivity index is 1.59. The number of nitrogens with zero attached hydrogens (tertiary/aromatic N) is 3. The molecule has 0 bridgehead atoms. The first-order valence-electron chi connectivity index (χ1n) is 9.90. The van der Waals surface area contributed by atoms with Crippen LogP contribution in [0.5, 0.6) is 0 Å². The lowest BCUT2D eigenvalue weighted by Crippen LogP contribution is -2.28. The zero-order chi connectivity index (χ0) is 23.3. The van der Waals surface area contributed by atoms with Crippen molar-refractivity contribution in [2.24, 2.45) is 4.99 Å². The number of rotatable bonds is 8. The topological polar surface area (TPSA) is 82.1 Å². The number of amides is 1. The van der Waals surface area contributed by atoms with Crippen LogP contribution >= 0.6 is 11.6 Å². The Morgan fingerprint density at radius 3 is 2.66 bits per heavy atom. The molecule has 1 heterocycles. The summed E-state index contributed by atoms with van der Waals surface area (Å²) >= 11 is 5.99. The number of sulfonamides is 1. The van der Waals surface area contributed by atoms with Gasteiger partial charge in [0, 0.05) is 50.9 Å². The van der Waals surface area contributed by atoms with E-state index in [0.717, 1.165) is 10.8 Å². The summed E-state index contributed by atoms with van der Waals surface area (Å²) in [5.74, 6) is -0.134. The Bertz CT molecular complexity index is 1170. The molecule has 1 aliphatic heterocycles. The average Bonchev–Trinajstić information content (AvgIpc) is 3.30. The third kappa shape index (κ3) is 5.53. The van der Waals surface area contributed by atoms with Crippen LogP contribution in [0.25, 0.3) is 0 Å². The minimum absolute atomic E-state index is 0.00120. The first kappa shape index (κ1) is 23.9. The van der Waals surface area contributed by atoms with Gasteiger partial charge < -0.3 is 10.2 Å². The molecule has 0 fully saturated rings. The Morgan fingerprint density at radius 2 is 2.00 bits per heavy atom. The quantitative estimate of drug-likeness (QED) is 0.591. The van der Waals surface area contributed by atoms with Gasteiger partial charge in [-0.05, 0) is 18.2 Å². The second kappa shape index (κ2) is 10.2. The van der Waals surface area contributed by atoms with Gasteiger partial charge in [-0.25, -0.2) is 12.8 Å². The molecule has 0 saturated heterocycles. The van der Waals surface area contributed by atoms with Gasteiger partial charge in [0.1, 0.15) is 16.5 Å². The van der Waals surface area contributed by atoms with Crippen molar-refractivity contribution >= 4 is 33.4 Å². The fourth-order valence-corrected chi connectivity index (χ4v) is 4.71. The minimum atomic E-state index is -3.79. The van der Waals surface area contributed by atoms with Crippen molar-refractivity contribution in [2.75, 3.05) is 33.7 Å². The molecular formula is C22H24ClFN4O3S. The maximum Gasteiger partial charge on any atom is 0.246 e. The normalized spacial score (nSPS) is 14.0. The van der Waals surface area contributed by atoms with Crippen molar-refractivity contribution in [2.45, 2.75) is 11.4 Å². The van der Waals surface area contributed by atoms with Crippen LogP contribution in [0.1, 0.15) is 11.1 Å². The Kier molecular flexibility index (Phi) is 7.65. The largest absolute Gasteiger partial charge is 0.368 e. The van der Waals surface area contributed by atoms with E-state index in [9.17, 15) is 17.6 Å². The molecule has 0 unspecified atom stereocenters. The van der Waals surface area contributed by atoms with Crippen LogP contribution in [-0.2, 0) is 21.4 Å². The Labute approximate surface area is 192 Å². The fourth-order valence-electron chi connectivity index (χ4n) is 3.10. The van der Waals surface area contributed by atoms with Crippen molar-refractivity contribution in [1.82, 2.24) is 14.5 Å². The maximum atomic E-state index is 14.5. The van der Waals surface area contributed by atoms with Crippen LogP contribution in [0.3, 0.4) is 0 Å². The van der Waals surface area contributed by atoms with E-state index in [1.807, 2.05) is 0 Å². The molecule has 10 heteroatoms. The summed E-state index contributed by atoms with van der Waals surface area (Å²) < 4.78 is 40.8. The van der Waals surface area contributed by atoms with E-state index in [-0.39, 0.29) is 28.9 Å². The molecule has 0 atom stereocenters. The van der Waals surface area contributed by atoms with Gasteiger partial charge in [0.15, 0.2) is 0 Å². The molecule has 0 aromatic heterocycles. The van der Waals surface area contributed by atoms with Crippen LogP contribution in [-0.4, -0.2) is 63.1 Å². The molecule has 0 radical (unpaired) electrons. The molecular weight excluding hydrogens is 455 g/mol. The molecule has 170 valence electrons. The molecule has 1 N–H and O–H groups in total. The Morgan fingerprint density at radius 1 is 1.25 bits per heavy atom. The molecule has 3 rings (SSSR count). The lowest BCUT2D eigenvalue weighted by Gasteiger charge is -2.17. The monoisotopic (exact) mass is 478 g/mol. The number of hydrogen-bond acceptors (Lipinski definition) is 5. The van der Waals surface area contributed by atoms with E-state index in [1.165, 1.54) is 42.3 Å². The molecule has 1 aliphatic rings. The van der Waals surface area contributed by atoms with Crippen molar-refractivity contribution in [3.05, 3.63) is 76.6 Å². The van der Waals surface area contributed by atoms with Crippen LogP contribution in [0.4, 0.5) is 4.39 Å². The number of nitrogens with one attached hydrogen (secondary N) is 1. The second-order valence-electron chi connectivity index (χ2n) is 7.28. The molecule has 7 nitrogen and oxygen atoms in total. The number of halogens is 2. The maximum absolute atomic E-state index is 14.5. The highest BCUT2D eigenvalue weighted by molar-refractivity contribution is 7.89. The highest BCUT2D eigenvalue weighted by atomic mass is 35.5. The smallest absolute Gasteiger partial charge is 0.246 e. The predicted molar refractivity (Wildman–Crippen MR) is 123 cm³/mol. The van der Waals surface area contributed by atoms with Crippen molar-refractivity contribution in [3.8, 4) is 0 Å². The molecule has 32 heavy (non-hydrogen) atoms. The summed E-state index contributed by atoms with van der Waals surface area (Å²) in [6.45, 7) is 1.45. The predicted octanol–water partition coefficient (Wildman–Crippen LogP) is 2.66. The average molecular weight is 479 g/mol. The first-order valence-corrected chi connectivity index (χ1v) is 11.7. The van der Waals surface area contributed by atoms with Gasteiger partial charge in [-0.2, -0.15) is 4.31 Å². The van der Waals surface area contributed by atoms with Gasteiger partial charge >= 0.3 is 0 Å². The van der Waals surface area contributed by atoms with E-state index in [1.54, 1.807) is 31.3 Å². The molecule has 0 saturated carbocycles. The highest BCUT2D eigenvalue weighted by Gasteiger charge is 2.22. The number of hydrogen-bond donors (Lipinski definition) is 1. The van der Waals surface area contributed by atoms with E-state index in [4.69, 9.17) is 11.6 Å². The molecule has 0 aliphatic carbocycles. The van der Waals surface area contributed by atoms with E-state index in [0.29, 0.717) is 23.5 Å². The third-order valence-corrected chi connectivity index (χ3v) is 7.26. The van der Waals surface area contributed by atoms with Gasteiger partial charge in [0.2, 0.25) is 15.9 Å². The van der Waals surface area contributed by atoms with E-state index < -0.39 is 15.8 Å². The zero-order valence-corrected chi connectivity index (χ0v) is 19.3. The molecule has 2 aromatic carbocycles. The first-order chi connectivity index (χ1) is 15.2. The number of aliphatic imine (C=N–C) groups is 1. The Hall–Kier alpha value is -2.75. The van der Waals surface area contributed by atoms with Gasteiger partial charge in [0.25, 0.3) is 0 Å². The number of carbonyl (C=O) groups excluding carboxylic acids is 1. The molecule has 1 amide bonds. The summed E-state index contributed by atoms with van der Waals surface area (Å²) in [5, 5.41) is 3.22. The highest BCUT2D eigenvalue weighted by Crippen LogP contribution is 2.23. The molecule has 0 spiro atoms. The summed E-state index contributed by atoms with van der Waals surface area (Å²) in [6, 6.07) is 10.9. The fraction of sp³-hybridized carbons (Fsp3) is 0.273. The summed E-state index contributed by atoms with van der Waals surface area (Å²) in [7, 11) is -0.844. The number of likely N-dealkylation sites (N-methyl/N-ethyl adjacent to an activating group) is 2. The lowest BCUT2D eigenvalue weighted by atomic mass is 10.1. The minimum Gasteiger partial charge on any atom is -0.368 e. The third-order valence-electron chi connectivity index (χ3n) is 4.93. The van der Waals surface area contributed by atoms with Gasteiger partial charge in [-0.1, -0.05) is 41.9 Å². The van der Waals surface area contributed by atoms with Crippen LogP contribution < -0.4 is 5.32 Å². The van der Waals surface area contributed by atoms with Crippen molar-refractivity contribution in [1.29, 1.82) is 0 Å². The second-order valence-corrected chi connectivity index (χ2v) is 9.70.